The van der Waals surface area contributed by atoms with E-state index in [1.165, 1.54) is 11.3 Å². The Kier molecular flexibility index (Phi) is 4.39. The van der Waals surface area contributed by atoms with Gasteiger partial charge in [-0.05, 0) is 38.1 Å². The number of aromatic nitrogens is 1. The lowest BCUT2D eigenvalue weighted by atomic mass is 10.2. The van der Waals surface area contributed by atoms with Crippen LogP contribution in [0, 0.1) is 0 Å². The lowest BCUT2D eigenvalue weighted by molar-refractivity contribution is 0.0750. The Morgan fingerprint density at radius 1 is 1.30 bits per heavy atom. The molecule has 0 atom stereocenters. The van der Waals surface area contributed by atoms with E-state index in [0.717, 1.165) is 16.3 Å². The number of ether oxygens (including phenoxy) is 1. The minimum absolute atomic E-state index is 0.0454. The molecule has 0 spiro atoms. The molecule has 0 saturated heterocycles. The Balaban J connectivity index is 2.21. The highest BCUT2D eigenvalue weighted by molar-refractivity contribution is 7.13. The van der Waals surface area contributed by atoms with E-state index in [4.69, 9.17) is 4.74 Å². The van der Waals surface area contributed by atoms with Crippen LogP contribution in [0.5, 0.6) is 5.75 Å². The summed E-state index contributed by atoms with van der Waals surface area (Å²) in [5, 5.41) is 2.65. The standard InChI is InChI=1S/C15H18N2O2S/c1-10(2)17(3)15(18)13-9-20-14(16-13)11-5-7-12(19-4)8-6-11/h5-10H,1-4H3. The molecule has 2 aromatic rings. The molecule has 0 radical (unpaired) electrons. The van der Waals surface area contributed by atoms with Crippen molar-refractivity contribution >= 4 is 17.2 Å². The largest absolute Gasteiger partial charge is 0.497 e. The molecule has 1 heterocycles. The lowest BCUT2D eigenvalue weighted by Crippen LogP contribution is -2.33. The molecule has 0 aliphatic carbocycles. The van der Waals surface area contributed by atoms with Crippen LogP contribution in [0.2, 0.25) is 0 Å². The first-order valence-electron chi connectivity index (χ1n) is 6.40. The van der Waals surface area contributed by atoms with E-state index >= 15 is 0 Å². The van der Waals surface area contributed by atoms with Gasteiger partial charge in [0, 0.05) is 24.0 Å². The molecule has 0 bridgehead atoms. The minimum Gasteiger partial charge on any atom is -0.497 e. The predicted molar refractivity (Wildman–Crippen MR) is 81.3 cm³/mol. The second kappa shape index (κ2) is 6.05. The normalized spacial score (nSPS) is 10.7. The van der Waals surface area contributed by atoms with Gasteiger partial charge in [0.1, 0.15) is 16.5 Å². The number of hydrogen-bond donors (Lipinski definition) is 0. The van der Waals surface area contributed by atoms with Gasteiger partial charge in [0.25, 0.3) is 5.91 Å². The molecule has 1 aromatic carbocycles. The average molecular weight is 290 g/mol. The fourth-order valence-electron chi connectivity index (χ4n) is 1.65. The number of carbonyl (C=O) groups excluding carboxylic acids is 1. The molecule has 0 saturated carbocycles. The second-order valence-electron chi connectivity index (χ2n) is 4.78. The Hall–Kier alpha value is -1.88. The second-order valence-corrected chi connectivity index (χ2v) is 5.63. The molecule has 106 valence electrons. The van der Waals surface area contributed by atoms with Crippen LogP contribution in [0.4, 0.5) is 0 Å². The summed E-state index contributed by atoms with van der Waals surface area (Å²) in [6.07, 6.45) is 0. The summed E-state index contributed by atoms with van der Waals surface area (Å²) in [6, 6.07) is 7.82. The highest BCUT2D eigenvalue weighted by Gasteiger charge is 2.17. The number of nitrogens with zero attached hydrogens (tertiary/aromatic N) is 2. The average Bonchev–Trinajstić information content (AvgIpc) is 2.95. The van der Waals surface area contributed by atoms with E-state index in [9.17, 15) is 4.79 Å². The molecule has 1 aromatic heterocycles. The van der Waals surface area contributed by atoms with Crippen molar-refractivity contribution in [2.45, 2.75) is 19.9 Å². The molecule has 0 unspecified atom stereocenters. The smallest absolute Gasteiger partial charge is 0.273 e. The zero-order valence-corrected chi connectivity index (χ0v) is 12.9. The highest BCUT2D eigenvalue weighted by Crippen LogP contribution is 2.26. The molecule has 20 heavy (non-hydrogen) atoms. The quantitative estimate of drug-likeness (QED) is 0.867. The van der Waals surface area contributed by atoms with Crippen molar-refractivity contribution in [2.75, 3.05) is 14.2 Å². The van der Waals surface area contributed by atoms with Crippen LogP contribution >= 0.6 is 11.3 Å². The van der Waals surface area contributed by atoms with Crippen molar-refractivity contribution in [3.8, 4) is 16.3 Å². The zero-order chi connectivity index (χ0) is 14.7. The van der Waals surface area contributed by atoms with Gasteiger partial charge in [0.15, 0.2) is 0 Å². The van der Waals surface area contributed by atoms with Gasteiger partial charge in [-0.3, -0.25) is 4.79 Å². The number of hydrogen-bond acceptors (Lipinski definition) is 4. The fourth-order valence-corrected chi connectivity index (χ4v) is 2.45. The van der Waals surface area contributed by atoms with Gasteiger partial charge in [0.2, 0.25) is 0 Å². The molecule has 0 aliphatic rings. The first-order chi connectivity index (χ1) is 9.52. The Bertz CT molecular complexity index is 590. The zero-order valence-electron chi connectivity index (χ0n) is 12.1. The predicted octanol–water partition coefficient (Wildman–Crippen LogP) is 3.30. The van der Waals surface area contributed by atoms with Crippen LogP contribution in [0.15, 0.2) is 29.6 Å². The van der Waals surface area contributed by atoms with Crippen molar-refractivity contribution in [2.24, 2.45) is 0 Å². The van der Waals surface area contributed by atoms with Gasteiger partial charge < -0.3 is 9.64 Å². The maximum Gasteiger partial charge on any atom is 0.273 e. The molecule has 0 N–H and O–H groups in total. The molecule has 0 fully saturated rings. The number of amides is 1. The van der Waals surface area contributed by atoms with Gasteiger partial charge in [-0.1, -0.05) is 0 Å². The first kappa shape index (κ1) is 14.5. The van der Waals surface area contributed by atoms with E-state index in [-0.39, 0.29) is 11.9 Å². The van der Waals surface area contributed by atoms with Crippen molar-refractivity contribution in [1.82, 2.24) is 9.88 Å². The maximum atomic E-state index is 12.2. The van der Waals surface area contributed by atoms with E-state index in [1.54, 1.807) is 24.4 Å². The van der Waals surface area contributed by atoms with E-state index in [0.29, 0.717) is 5.69 Å². The minimum atomic E-state index is -0.0454. The summed E-state index contributed by atoms with van der Waals surface area (Å²) in [5.41, 5.74) is 1.49. The van der Waals surface area contributed by atoms with Crippen molar-refractivity contribution in [1.29, 1.82) is 0 Å². The SMILES string of the molecule is COc1ccc(-c2nc(C(=O)N(C)C(C)C)cs2)cc1. The number of methoxy groups -OCH3 is 1. The number of carbonyl (C=O) groups is 1. The van der Waals surface area contributed by atoms with E-state index < -0.39 is 0 Å². The molecular formula is C15H18N2O2S. The van der Waals surface area contributed by atoms with Crippen molar-refractivity contribution in [3.05, 3.63) is 35.3 Å². The summed E-state index contributed by atoms with van der Waals surface area (Å²) in [5.74, 6) is 0.761. The van der Waals surface area contributed by atoms with Crippen LogP contribution in [-0.4, -0.2) is 36.0 Å². The Morgan fingerprint density at radius 2 is 1.95 bits per heavy atom. The van der Waals surface area contributed by atoms with Gasteiger partial charge in [-0.2, -0.15) is 0 Å². The summed E-state index contributed by atoms with van der Waals surface area (Å²) < 4.78 is 5.13. The van der Waals surface area contributed by atoms with Crippen LogP contribution in [0.3, 0.4) is 0 Å². The molecular weight excluding hydrogens is 272 g/mol. The third-order valence-corrected chi connectivity index (χ3v) is 4.05. The molecule has 4 nitrogen and oxygen atoms in total. The number of rotatable bonds is 4. The van der Waals surface area contributed by atoms with E-state index in [2.05, 4.69) is 4.98 Å². The number of thiazole rings is 1. The van der Waals surface area contributed by atoms with Crippen LogP contribution in [-0.2, 0) is 0 Å². The summed E-state index contributed by atoms with van der Waals surface area (Å²) in [6.45, 7) is 3.96. The van der Waals surface area contributed by atoms with Crippen LogP contribution in [0.1, 0.15) is 24.3 Å². The van der Waals surface area contributed by atoms with Crippen molar-refractivity contribution < 1.29 is 9.53 Å². The fraction of sp³-hybridized carbons (Fsp3) is 0.333. The first-order valence-corrected chi connectivity index (χ1v) is 7.28. The van der Waals surface area contributed by atoms with Crippen LogP contribution < -0.4 is 4.74 Å². The van der Waals surface area contributed by atoms with Gasteiger partial charge in [-0.25, -0.2) is 4.98 Å². The summed E-state index contributed by atoms with van der Waals surface area (Å²) >= 11 is 1.47. The molecule has 0 aliphatic heterocycles. The van der Waals surface area contributed by atoms with Crippen molar-refractivity contribution in [3.63, 3.8) is 0 Å². The maximum absolute atomic E-state index is 12.2. The number of benzene rings is 1. The molecule has 1 amide bonds. The molecule has 2 rings (SSSR count). The van der Waals surface area contributed by atoms with E-state index in [1.807, 2.05) is 38.1 Å². The Morgan fingerprint density at radius 3 is 2.50 bits per heavy atom. The topological polar surface area (TPSA) is 42.4 Å². The third kappa shape index (κ3) is 2.99. The highest BCUT2D eigenvalue weighted by atomic mass is 32.1. The molecule has 5 heteroatoms. The van der Waals surface area contributed by atoms with Gasteiger partial charge in [-0.15, -0.1) is 11.3 Å². The van der Waals surface area contributed by atoms with Gasteiger partial charge in [0.05, 0.1) is 7.11 Å². The van der Waals surface area contributed by atoms with Crippen LogP contribution in [0.25, 0.3) is 10.6 Å². The summed E-state index contributed by atoms with van der Waals surface area (Å²) in [7, 11) is 3.43. The monoisotopic (exact) mass is 290 g/mol. The lowest BCUT2D eigenvalue weighted by Gasteiger charge is -2.19. The van der Waals surface area contributed by atoms with Gasteiger partial charge >= 0.3 is 0 Å². The third-order valence-electron chi connectivity index (χ3n) is 3.16. The summed E-state index contributed by atoms with van der Waals surface area (Å²) in [4.78, 5) is 18.3. The Labute approximate surface area is 123 Å².